The molecular formula is C36H60N4O2+2. The molecule has 2 amide bonds. The van der Waals surface area contributed by atoms with Crippen molar-refractivity contribution in [2.24, 2.45) is 0 Å². The van der Waals surface area contributed by atoms with Gasteiger partial charge in [-0.3, -0.25) is 9.59 Å². The van der Waals surface area contributed by atoms with Crippen LogP contribution >= 0.6 is 0 Å². The first-order valence-electron chi connectivity index (χ1n) is 17.2. The van der Waals surface area contributed by atoms with Crippen molar-refractivity contribution in [2.75, 3.05) is 13.1 Å². The number of amides is 2. The van der Waals surface area contributed by atoms with Crippen molar-refractivity contribution in [3.05, 3.63) is 60.2 Å². The molecule has 0 aliphatic rings. The van der Waals surface area contributed by atoms with Crippen LogP contribution in [0.4, 0.5) is 0 Å². The summed E-state index contributed by atoms with van der Waals surface area (Å²) in [7, 11) is 0. The Bertz CT molecular complexity index is 880. The summed E-state index contributed by atoms with van der Waals surface area (Å²) in [5, 5.41) is 6.06. The zero-order valence-corrected chi connectivity index (χ0v) is 26.9. The lowest BCUT2D eigenvalue weighted by molar-refractivity contribution is -0.697. The Morgan fingerprint density at radius 3 is 1.12 bits per heavy atom. The molecule has 0 bridgehead atoms. The van der Waals surface area contributed by atoms with Gasteiger partial charge in [0, 0.05) is 50.2 Å². The molecule has 6 nitrogen and oxygen atoms in total. The van der Waals surface area contributed by atoms with Crippen LogP contribution in [0.1, 0.15) is 150 Å². The van der Waals surface area contributed by atoms with Crippen LogP contribution in [0.15, 0.2) is 49.1 Å². The van der Waals surface area contributed by atoms with E-state index in [2.05, 4.69) is 33.6 Å². The SMILES string of the molecule is CCCCCCNC(=O)c1cc[n+](CCCCCCCCCCCC[n+]2ccc(C(=O)NCCCCCC)cc2)cc1. The number of carbonyl (C=O) groups excluding carboxylic acids is 2. The number of unbranched alkanes of at least 4 members (excludes halogenated alkanes) is 15. The van der Waals surface area contributed by atoms with Crippen molar-refractivity contribution >= 4 is 11.8 Å². The molecule has 0 aliphatic carbocycles. The molecule has 0 atom stereocenters. The van der Waals surface area contributed by atoms with Crippen molar-refractivity contribution in [1.82, 2.24) is 10.6 Å². The highest BCUT2D eigenvalue weighted by Crippen LogP contribution is 2.11. The molecule has 2 heterocycles. The van der Waals surface area contributed by atoms with Crippen molar-refractivity contribution in [3.8, 4) is 0 Å². The molecular weight excluding hydrogens is 520 g/mol. The van der Waals surface area contributed by atoms with Crippen LogP contribution in [0.25, 0.3) is 0 Å². The molecule has 2 aromatic rings. The first kappa shape index (κ1) is 35.4. The predicted molar refractivity (Wildman–Crippen MR) is 172 cm³/mol. The first-order valence-corrected chi connectivity index (χ1v) is 17.2. The molecule has 0 aliphatic heterocycles. The Kier molecular flexibility index (Phi) is 20.1. The van der Waals surface area contributed by atoms with Crippen molar-refractivity contribution in [2.45, 2.75) is 143 Å². The summed E-state index contributed by atoms with van der Waals surface area (Å²) < 4.78 is 4.38. The van der Waals surface area contributed by atoms with E-state index >= 15 is 0 Å². The van der Waals surface area contributed by atoms with Crippen LogP contribution in [-0.4, -0.2) is 24.9 Å². The van der Waals surface area contributed by atoms with Gasteiger partial charge in [0.05, 0.1) is 11.1 Å². The van der Waals surface area contributed by atoms with Gasteiger partial charge in [-0.15, -0.1) is 0 Å². The Hall–Kier alpha value is -2.76. The fourth-order valence-corrected chi connectivity index (χ4v) is 5.23. The lowest BCUT2D eigenvalue weighted by Crippen LogP contribution is -2.33. The van der Waals surface area contributed by atoms with E-state index in [1.807, 2.05) is 49.1 Å². The minimum Gasteiger partial charge on any atom is -0.352 e. The fraction of sp³-hybridized carbons (Fsp3) is 0.667. The van der Waals surface area contributed by atoms with E-state index in [1.54, 1.807) is 0 Å². The van der Waals surface area contributed by atoms with Gasteiger partial charge in [0.15, 0.2) is 24.8 Å². The third-order valence-corrected chi connectivity index (χ3v) is 8.02. The average molecular weight is 581 g/mol. The highest BCUT2D eigenvalue weighted by molar-refractivity contribution is 5.94. The van der Waals surface area contributed by atoms with Gasteiger partial charge in [-0.05, 0) is 25.7 Å². The number of rotatable bonds is 25. The largest absolute Gasteiger partial charge is 0.352 e. The Labute approximate surface area is 256 Å². The summed E-state index contributed by atoms with van der Waals surface area (Å²) in [6.07, 6.45) is 30.4. The number of hydrogen-bond donors (Lipinski definition) is 2. The first-order chi connectivity index (χ1) is 20.6. The third-order valence-electron chi connectivity index (χ3n) is 8.02. The van der Waals surface area contributed by atoms with Gasteiger partial charge in [0.25, 0.3) is 11.8 Å². The lowest BCUT2D eigenvalue weighted by atomic mass is 10.1. The summed E-state index contributed by atoms with van der Waals surface area (Å²) in [4.78, 5) is 24.5. The minimum absolute atomic E-state index is 0.0397. The van der Waals surface area contributed by atoms with Gasteiger partial charge >= 0.3 is 0 Å². The van der Waals surface area contributed by atoms with Crippen LogP contribution in [-0.2, 0) is 13.1 Å². The molecule has 0 unspecified atom stereocenters. The lowest BCUT2D eigenvalue weighted by Gasteiger charge is -2.05. The quantitative estimate of drug-likeness (QED) is 0.0944. The summed E-state index contributed by atoms with van der Waals surface area (Å²) in [5.74, 6) is 0.0794. The smallest absolute Gasteiger partial charge is 0.251 e. The maximum Gasteiger partial charge on any atom is 0.251 e. The van der Waals surface area contributed by atoms with Gasteiger partial charge in [-0.25, -0.2) is 9.13 Å². The Balaban J connectivity index is 1.41. The zero-order chi connectivity index (χ0) is 30.1. The summed E-state index contributed by atoms with van der Waals surface area (Å²) in [6, 6.07) is 7.75. The second kappa shape index (κ2) is 23.8. The Morgan fingerprint density at radius 2 is 0.786 bits per heavy atom. The van der Waals surface area contributed by atoms with Gasteiger partial charge in [-0.2, -0.15) is 0 Å². The van der Waals surface area contributed by atoms with E-state index < -0.39 is 0 Å². The Morgan fingerprint density at radius 1 is 0.476 bits per heavy atom. The summed E-state index contributed by atoms with van der Waals surface area (Å²) >= 11 is 0. The molecule has 0 aromatic carbocycles. The van der Waals surface area contributed by atoms with Gasteiger partial charge < -0.3 is 10.6 Å². The topological polar surface area (TPSA) is 66.0 Å². The van der Waals surface area contributed by atoms with Gasteiger partial charge in [0.2, 0.25) is 0 Å². The number of aromatic nitrogens is 2. The van der Waals surface area contributed by atoms with Crippen molar-refractivity contribution < 1.29 is 18.7 Å². The second-order valence-electron chi connectivity index (χ2n) is 11.8. The molecule has 6 heteroatoms. The van der Waals surface area contributed by atoms with E-state index in [0.717, 1.165) is 50.1 Å². The highest BCUT2D eigenvalue weighted by atomic mass is 16.2. The van der Waals surface area contributed by atoms with Crippen LogP contribution in [0.5, 0.6) is 0 Å². The van der Waals surface area contributed by atoms with E-state index in [9.17, 15) is 9.59 Å². The maximum atomic E-state index is 12.2. The average Bonchev–Trinajstić information content (AvgIpc) is 3.01. The van der Waals surface area contributed by atoms with E-state index in [4.69, 9.17) is 0 Å². The van der Waals surface area contributed by atoms with Crippen LogP contribution in [0.2, 0.25) is 0 Å². The zero-order valence-electron chi connectivity index (χ0n) is 26.9. The number of nitrogens with zero attached hydrogens (tertiary/aromatic N) is 2. The molecule has 0 saturated heterocycles. The van der Waals surface area contributed by atoms with Crippen molar-refractivity contribution in [1.29, 1.82) is 0 Å². The summed E-state index contributed by atoms with van der Waals surface area (Å²) in [5.41, 5.74) is 1.51. The van der Waals surface area contributed by atoms with Crippen LogP contribution < -0.4 is 19.8 Å². The molecule has 0 saturated carbocycles. The number of hydrogen-bond acceptors (Lipinski definition) is 2. The molecule has 0 spiro atoms. The van der Waals surface area contributed by atoms with E-state index in [-0.39, 0.29) is 11.8 Å². The predicted octanol–water partition coefficient (Wildman–Crippen LogP) is 7.48. The third kappa shape index (κ3) is 16.6. The maximum absolute atomic E-state index is 12.2. The molecule has 0 fully saturated rings. The number of nitrogens with one attached hydrogen (secondary N) is 2. The van der Waals surface area contributed by atoms with Gasteiger partial charge in [0.1, 0.15) is 13.1 Å². The highest BCUT2D eigenvalue weighted by Gasteiger charge is 2.09. The minimum atomic E-state index is 0.0397. The second-order valence-corrected chi connectivity index (χ2v) is 11.8. The number of aryl methyl sites for hydroxylation is 2. The summed E-state index contributed by atoms with van der Waals surface area (Å²) in [6.45, 7) is 7.98. The van der Waals surface area contributed by atoms with Crippen LogP contribution in [0.3, 0.4) is 0 Å². The number of pyridine rings is 2. The normalized spacial score (nSPS) is 11.0. The van der Waals surface area contributed by atoms with Crippen molar-refractivity contribution in [3.63, 3.8) is 0 Å². The standard InChI is InChI=1S/C36H58N4O2/c1-3-5-7-17-25-37-35(41)33-21-29-39(30-22-33)27-19-15-13-11-9-10-12-14-16-20-28-40-31-23-34(24-32-40)36(42)38-26-18-8-6-4-2/h21-24,29-32H,3-20,25-28H2,1-2H3/p+2. The molecule has 2 N–H and O–H groups in total. The number of carbonyl (C=O) groups is 2. The van der Waals surface area contributed by atoms with E-state index in [0.29, 0.717) is 0 Å². The monoisotopic (exact) mass is 580 g/mol. The molecule has 234 valence electrons. The van der Waals surface area contributed by atoms with Crippen LogP contribution in [0, 0.1) is 0 Å². The molecule has 42 heavy (non-hydrogen) atoms. The molecule has 0 radical (unpaired) electrons. The van der Waals surface area contributed by atoms with Gasteiger partial charge in [-0.1, -0.05) is 90.9 Å². The molecule has 2 aromatic heterocycles. The van der Waals surface area contributed by atoms with E-state index in [1.165, 1.54) is 103 Å². The molecule has 2 rings (SSSR count). The fourth-order valence-electron chi connectivity index (χ4n) is 5.23.